The first-order valence-electron chi connectivity index (χ1n) is 9.38. The van der Waals surface area contributed by atoms with Crippen LogP contribution in [0.1, 0.15) is 43.7 Å². The van der Waals surface area contributed by atoms with Gasteiger partial charge in [0.1, 0.15) is 5.92 Å². The number of esters is 1. The average Bonchev–Trinajstić information content (AvgIpc) is 2.68. The molecule has 32 heavy (non-hydrogen) atoms. The van der Waals surface area contributed by atoms with E-state index in [4.69, 9.17) is 4.74 Å². The highest BCUT2D eigenvalue weighted by Gasteiger charge is 2.45. The first-order valence-corrected chi connectivity index (χ1v) is 9.38. The Balaban J connectivity index is 2.39. The van der Waals surface area contributed by atoms with E-state index in [2.05, 4.69) is 10.2 Å². The molecule has 0 aliphatic carbocycles. The molecule has 1 N–H and O–H groups in total. The van der Waals surface area contributed by atoms with E-state index in [1.807, 2.05) is 0 Å². The molecule has 0 aromatic heterocycles. The number of ether oxygens (including phenoxy) is 1. The molecule has 0 saturated carbocycles. The van der Waals surface area contributed by atoms with Crippen molar-refractivity contribution in [2.45, 2.75) is 38.8 Å². The number of nitrogens with one attached hydrogen (secondary N) is 1. The summed E-state index contributed by atoms with van der Waals surface area (Å²) in [7, 11) is 0. The number of alkyl halides is 3. The van der Waals surface area contributed by atoms with Gasteiger partial charge in [0.15, 0.2) is 0 Å². The number of nitrogens with zero attached hydrogens (tertiary/aromatic N) is 2. The highest BCUT2D eigenvalue weighted by Crippen LogP contribution is 2.44. The molecule has 1 heterocycles. The van der Waals surface area contributed by atoms with Gasteiger partial charge in [-0.05, 0) is 38.3 Å². The molecule has 0 fully saturated rings. The van der Waals surface area contributed by atoms with Gasteiger partial charge in [0, 0.05) is 5.70 Å². The van der Waals surface area contributed by atoms with Crippen molar-refractivity contribution in [1.82, 2.24) is 5.32 Å². The van der Waals surface area contributed by atoms with Gasteiger partial charge in [-0.1, -0.05) is 18.2 Å². The second-order valence-electron chi connectivity index (χ2n) is 6.85. The summed E-state index contributed by atoms with van der Waals surface area (Å²) < 4.78 is 46.0. The number of dihydropyridines is 1. The van der Waals surface area contributed by atoms with E-state index in [0.717, 1.165) is 18.2 Å². The zero-order valence-corrected chi connectivity index (χ0v) is 17.1. The molecule has 0 spiro atoms. The molecule has 1 aliphatic heterocycles. The number of nitro groups is 1. The number of halogens is 3. The SMILES string of the molecule is CC1=C(C(=O)OCCCCO[N+](=O)[O-])C(c2ccccc2C(F)(F)F)C([N+](=O)[O-])=C(C)N1. The van der Waals surface area contributed by atoms with Crippen LogP contribution >= 0.6 is 0 Å². The quantitative estimate of drug-likeness (QED) is 0.256. The van der Waals surface area contributed by atoms with Gasteiger partial charge in [0.25, 0.3) is 10.8 Å². The Morgan fingerprint density at radius 2 is 1.72 bits per heavy atom. The molecule has 1 aromatic rings. The van der Waals surface area contributed by atoms with Crippen LogP contribution in [-0.2, 0) is 20.5 Å². The van der Waals surface area contributed by atoms with Crippen LogP contribution in [0.25, 0.3) is 0 Å². The molecule has 1 atom stereocenters. The van der Waals surface area contributed by atoms with Crippen LogP contribution in [0.3, 0.4) is 0 Å². The first kappa shape index (κ1) is 24.6. The normalized spacial score (nSPS) is 16.5. The monoisotopic (exact) mass is 459 g/mol. The first-order chi connectivity index (χ1) is 14.9. The van der Waals surface area contributed by atoms with Crippen LogP contribution in [0.5, 0.6) is 0 Å². The van der Waals surface area contributed by atoms with Crippen LogP contribution in [0.15, 0.2) is 46.9 Å². The van der Waals surface area contributed by atoms with Gasteiger partial charge in [0.2, 0.25) is 0 Å². The Bertz CT molecular complexity index is 973. The summed E-state index contributed by atoms with van der Waals surface area (Å²) in [4.78, 5) is 38.0. The van der Waals surface area contributed by atoms with Crippen molar-refractivity contribution in [3.63, 3.8) is 0 Å². The molecule has 1 unspecified atom stereocenters. The van der Waals surface area contributed by atoms with E-state index < -0.39 is 44.9 Å². The summed E-state index contributed by atoms with van der Waals surface area (Å²) in [6.07, 6.45) is -4.44. The fourth-order valence-corrected chi connectivity index (χ4v) is 3.39. The summed E-state index contributed by atoms with van der Waals surface area (Å²) in [5.41, 5.74) is -2.34. The van der Waals surface area contributed by atoms with Crippen molar-refractivity contribution in [3.8, 4) is 0 Å². The van der Waals surface area contributed by atoms with Gasteiger partial charge in [-0.25, -0.2) is 4.79 Å². The molecule has 174 valence electrons. The Labute approximate surface area is 179 Å². The van der Waals surface area contributed by atoms with E-state index in [-0.39, 0.29) is 43.0 Å². The zero-order valence-electron chi connectivity index (χ0n) is 17.1. The predicted molar refractivity (Wildman–Crippen MR) is 103 cm³/mol. The number of unbranched alkanes of at least 4 members (excludes halogenated alkanes) is 1. The number of carbonyl (C=O) groups excluding carboxylic acids is 1. The predicted octanol–water partition coefficient (Wildman–Crippen LogP) is 3.71. The summed E-state index contributed by atoms with van der Waals surface area (Å²) in [5.74, 6) is -2.64. The van der Waals surface area contributed by atoms with E-state index in [1.165, 1.54) is 19.9 Å². The molecule has 10 nitrogen and oxygen atoms in total. The Kier molecular flexibility index (Phi) is 7.78. The molecule has 0 saturated heterocycles. The van der Waals surface area contributed by atoms with E-state index in [9.17, 15) is 38.2 Å². The second-order valence-corrected chi connectivity index (χ2v) is 6.85. The molecule has 13 heteroatoms. The third-order valence-corrected chi connectivity index (χ3v) is 4.69. The van der Waals surface area contributed by atoms with Crippen molar-refractivity contribution in [2.24, 2.45) is 0 Å². The summed E-state index contributed by atoms with van der Waals surface area (Å²) in [6, 6.07) is 4.33. The highest BCUT2D eigenvalue weighted by atomic mass is 19.4. The van der Waals surface area contributed by atoms with Crippen LogP contribution in [-0.4, -0.2) is 29.2 Å². The zero-order chi connectivity index (χ0) is 24.1. The summed E-state index contributed by atoms with van der Waals surface area (Å²) in [5, 5.41) is 23.6. The van der Waals surface area contributed by atoms with Crippen molar-refractivity contribution in [3.05, 3.63) is 78.3 Å². The van der Waals surface area contributed by atoms with Gasteiger partial charge in [0.05, 0.1) is 35.0 Å². The molecule has 0 bridgehead atoms. The van der Waals surface area contributed by atoms with Gasteiger partial charge in [-0.15, -0.1) is 10.1 Å². The lowest BCUT2D eigenvalue weighted by molar-refractivity contribution is -0.757. The number of hydrogen-bond acceptors (Lipinski definition) is 8. The number of benzene rings is 1. The smallest absolute Gasteiger partial charge is 0.416 e. The summed E-state index contributed by atoms with van der Waals surface area (Å²) in [6.45, 7) is 2.32. The number of hydrogen-bond donors (Lipinski definition) is 1. The van der Waals surface area contributed by atoms with Crippen LogP contribution in [0.2, 0.25) is 0 Å². The third-order valence-electron chi connectivity index (χ3n) is 4.69. The molecule has 0 amide bonds. The fraction of sp³-hybridized carbons (Fsp3) is 0.421. The fourth-order valence-electron chi connectivity index (χ4n) is 3.39. The van der Waals surface area contributed by atoms with E-state index >= 15 is 0 Å². The lowest BCUT2D eigenvalue weighted by Gasteiger charge is -2.28. The Morgan fingerprint density at radius 3 is 2.31 bits per heavy atom. The highest BCUT2D eigenvalue weighted by molar-refractivity contribution is 5.92. The minimum absolute atomic E-state index is 0.00274. The van der Waals surface area contributed by atoms with Gasteiger partial charge < -0.3 is 14.9 Å². The molecule has 0 radical (unpaired) electrons. The van der Waals surface area contributed by atoms with Crippen molar-refractivity contribution < 1.29 is 37.6 Å². The van der Waals surface area contributed by atoms with E-state index in [1.54, 1.807) is 0 Å². The van der Waals surface area contributed by atoms with Crippen LogP contribution < -0.4 is 5.32 Å². The topological polar surface area (TPSA) is 134 Å². The second kappa shape index (κ2) is 10.1. The largest absolute Gasteiger partial charge is 0.462 e. The number of rotatable bonds is 9. The van der Waals surface area contributed by atoms with E-state index in [0.29, 0.717) is 0 Å². The van der Waals surface area contributed by atoms with Crippen molar-refractivity contribution in [2.75, 3.05) is 13.2 Å². The van der Waals surface area contributed by atoms with Crippen molar-refractivity contribution >= 4 is 5.97 Å². The summed E-state index contributed by atoms with van der Waals surface area (Å²) >= 11 is 0. The Morgan fingerprint density at radius 1 is 1.09 bits per heavy atom. The number of allylic oxidation sites excluding steroid dienone is 3. The minimum atomic E-state index is -4.81. The molecule has 1 aliphatic rings. The van der Waals surface area contributed by atoms with Crippen molar-refractivity contribution in [1.29, 1.82) is 0 Å². The maximum Gasteiger partial charge on any atom is 0.416 e. The molecule has 2 rings (SSSR count). The molecule has 1 aromatic carbocycles. The van der Waals surface area contributed by atoms with Gasteiger partial charge in [-0.3, -0.25) is 10.1 Å². The molecular weight excluding hydrogens is 439 g/mol. The third kappa shape index (κ3) is 5.74. The molecular formula is C19H20F3N3O7. The van der Waals surface area contributed by atoms with Gasteiger partial charge >= 0.3 is 12.1 Å². The lowest BCUT2D eigenvalue weighted by atomic mass is 9.81. The van der Waals surface area contributed by atoms with Crippen LogP contribution in [0, 0.1) is 20.2 Å². The maximum absolute atomic E-state index is 13.6. The Hall–Kier alpha value is -3.64. The maximum atomic E-state index is 13.6. The lowest BCUT2D eigenvalue weighted by Crippen LogP contribution is -2.32. The number of carbonyl (C=O) groups is 1. The van der Waals surface area contributed by atoms with Gasteiger partial charge in [-0.2, -0.15) is 13.2 Å². The van der Waals surface area contributed by atoms with Crippen LogP contribution in [0.4, 0.5) is 13.2 Å². The average molecular weight is 459 g/mol. The standard InChI is InChI=1S/C19H20F3N3O7/c1-11-15(18(26)31-9-5-6-10-32-25(29)30)16(17(24(27)28)12(2)23-11)13-7-3-4-8-14(13)19(20,21)22/h3-4,7-8,16,23H,5-6,9-10H2,1-2H3. The minimum Gasteiger partial charge on any atom is -0.462 e.